The van der Waals surface area contributed by atoms with Crippen molar-refractivity contribution in [2.24, 2.45) is 5.41 Å². The second kappa shape index (κ2) is 5.89. The van der Waals surface area contributed by atoms with Gasteiger partial charge in [-0.3, -0.25) is 0 Å². The lowest BCUT2D eigenvalue weighted by Gasteiger charge is -2.38. The summed E-state index contributed by atoms with van der Waals surface area (Å²) in [6.07, 6.45) is 5.77. The smallest absolute Gasteiger partial charge is 0.00715 e. The predicted molar refractivity (Wildman–Crippen MR) is 72.7 cm³/mol. The van der Waals surface area contributed by atoms with Gasteiger partial charge in [-0.2, -0.15) is 0 Å². The molecule has 1 rings (SSSR count). The fraction of sp³-hybridized carbons (Fsp3) is 0.500. The van der Waals surface area contributed by atoms with Crippen LogP contribution in [0.4, 0.5) is 0 Å². The Bertz CT molecular complexity index is 298. The molecule has 0 aliphatic heterocycles. The summed E-state index contributed by atoms with van der Waals surface area (Å²) in [7, 11) is 0. The van der Waals surface area contributed by atoms with Crippen LogP contribution in [0.3, 0.4) is 0 Å². The van der Waals surface area contributed by atoms with Gasteiger partial charge < -0.3 is 0 Å². The quantitative estimate of drug-likeness (QED) is 0.575. The Morgan fingerprint density at radius 3 is 1.94 bits per heavy atom. The molecule has 0 N–H and O–H groups in total. The van der Waals surface area contributed by atoms with Crippen LogP contribution in [0.25, 0.3) is 0 Å². The molecule has 1 aromatic rings. The minimum atomic E-state index is 0.378. The van der Waals surface area contributed by atoms with E-state index < -0.39 is 0 Å². The largest absolute Gasteiger partial charge is 0.102 e. The van der Waals surface area contributed by atoms with E-state index >= 15 is 0 Å². The fourth-order valence-electron chi connectivity index (χ4n) is 2.81. The molecular weight excluding hydrogens is 192 g/mol. The maximum absolute atomic E-state index is 4.05. The molecule has 0 saturated carbocycles. The maximum atomic E-state index is 4.05. The molecule has 0 spiro atoms. The Labute approximate surface area is 100 Å². The molecule has 88 valence electrons. The molecule has 1 aromatic carbocycles. The highest BCUT2D eigenvalue weighted by Gasteiger charge is 2.32. The zero-order valence-electron chi connectivity index (χ0n) is 10.9. The van der Waals surface area contributed by atoms with Crippen molar-refractivity contribution >= 4 is 0 Å². The molecule has 0 aliphatic rings. The zero-order chi connectivity index (χ0) is 12.0. The summed E-state index contributed by atoms with van der Waals surface area (Å²) in [5.74, 6) is 0.480. The van der Waals surface area contributed by atoms with Crippen molar-refractivity contribution in [2.75, 3.05) is 0 Å². The first-order valence-electron chi connectivity index (χ1n) is 6.41. The summed E-state index contributed by atoms with van der Waals surface area (Å²) in [5, 5.41) is 0. The van der Waals surface area contributed by atoms with Crippen LogP contribution >= 0.6 is 0 Å². The fourth-order valence-corrected chi connectivity index (χ4v) is 2.81. The first-order valence-corrected chi connectivity index (χ1v) is 6.41. The molecule has 1 atom stereocenters. The van der Waals surface area contributed by atoms with E-state index in [1.165, 1.54) is 24.8 Å². The minimum absolute atomic E-state index is 0.378. The molecule has 1 unspecified atom stereocenters. The Hall–Kier alpha value is -1.04. The summed E-state index contributed by atoms with van der Waals surface area (Å²) in [6.45, 7) is 10.9. The minimum Gasteiger partial charge on any atom is -0.102 e. The maximum Gasteiger partial charge on any atom is 0.00715 e. The highest BCUT2D eigenvalue weighted by Crippen LogP contribution is 2.45. The number of hydrogen-bond acceptors (Lipinski definition) is 0. The summed E-state index contributed by atoms with van der Waals surface area (Å²) in [4.78, 5) is 0. The molecule has 0 heterocycles. The second-order valence-electron chi connectivity index (χ2n) is 4.55. The molecule has 0 radical (unpaired) electrons. The second-order valence-corrected chi connectivity index (χ2v) is 4.55. The first kappa shape index (κ1) is 13.0. The van der Waals surface area contributed by atoms with E-state index in [2.05, 4.69) is 63.8 Å². The van der Waals surface area contributed by atoms with E-state index in [0.717, 1.165) is 0 Å². The van der Waals surface area contributed by atoms with Crippen LogP contribution in [-0.4, -0.2) is 0 Å². The van der Waals surface area contributed by atoms with E-state index in [0.29, 0.717) is 11.3 Å². The third-order valence-corrected chi connectivity index (χ3v) is 4.17. The molecule has 16 heavy (non-hydrogen) atoms. The lowest BCUT2D eigenvalue weighted by Crippen LogP contribution is -2.25. The van der Waals surface area contributed by atoms with Gasteiger partial charge in [0.05, 0.1) is 0 Å². The average molecular weight is 216 g/mol. The molecular formula is C16H24. The van der Waals surface area contributed by atoms with E-state index in [1.807, 2.05) is 0 Å². The van der Waals surface area contributed by atoms with Gasteiger partial charge in [0, 0.05) is 5.92 Å². The standard InChI is InChI=1S/C16H24/c1-5-15(14-12-10-9-11-13-14)16(6-2,7-3)8-4/h5,9-13,15H,1,6-8H2,2-4H3. The first-order chi connectivity index (χ1) is 7.74. The molecule has 0 aromatic heterocycles. The van der Waals surface area contributed by atoms with Gasteiger partial charge in [-0.25, -0.2) is 0 Å². The Kier molecular flexibility index (Phi) is 4.79. The number of benzene rings is 1. The van der Waals surface area contributed by atoms with Gasteiger partial charge >= 0.3 is 0 Å². The zero-order valence-corrected chi connectivity index (χ0v) is 10.9. The van der Waals surface area contributed by atoms with E-state index in [1.54, 1.807) is 0 Å². The van der Waals surface area contributed by atoms with Crippen LogP contribution in [0.5, 0.6) is 0 Å². The van der Waals surface area contributed by atoms with Gasteiger partial charge in [0.25, 0.3) is 0 Å². The van der Waals surface area contributed by atoms with Gasteiger partial charge in [0.2, 0.25) is 0 Å². The molecule has 0 fully saturated rings. The van der Waals surface area contributed by atoms with Crippen LogP contribution in [0.15, 0.2) is 43.0 Å². The van der Waals surface area contributed by atoms with Crippen molar-refractivity contribution in [1.82, 2.24) is 0 Å². The van der Waals surface area contributed by atoms with Crippen LogP contribution in [0.1, 0.15) is 51.5 Å². The topological polar surface area (TPSA) is 0 Å². The van der Waals surface area contributed by atoms with E-state index in [4.69, 9.17) is 0 Å². The van der Waals surface area contributed by atoms with Crippen molar-refractivity contribution in [3.05, 3.63) is 48.6 Å². The average Bonchev–Trinajstić information content (AvgIpc) is 2.37. The van der Waals surface area contributed by atoms with E-state index in [-0.39, 0.29) is 0 Å². The lowest BCUT2D eigenvalue weighted by molar-refractivity contribution is 0.219. The van der Waals surface area contributed by atoms with Crippen molar-refractivity contribution in [3.63, 3.8) is 0 Å². The van der Waals surface area contributed by atoms with Gasteiger partial charge in [-0.15, -0.1) is 6.58 Å². The number of allylic oxidation sites excluding steroid dienone is 1. The molecule has 0 bridgehead atoms. The Morgan fingerprint density at radius 1 is 1.06 bits per heavy atom. The van der Waals surface area contributed by atoms with Crippen molar-refractivity contribution in [3.8, 4) is 0 Å². The van der Waals surface area contributed by atoms with Crippen LogP contribution in [-0.2, 0) is 0 Å². The SMILES string of the molecule is C=CC(c1ccccc1)C(CC)(CC)CC. The van der Waals surface area contributed by atoms with Gasteiger partial charge in [-0.05, 0) is 30.2 Å². The summed E-state index contributed by atoms with van der Waals surface area (Å²) >= 11 is 0. The Balaban J connectivity index is 3.10. The summed E-state index contributed by atoms with van der Waals surface area (Å²) < 4.78 is 0. The van der Waals surface area contributed by atoms with Crippen LogP contribution in [0.2, 0.25) is 0 Å². The van der Waals surface area contributed by atoms with Crippen molar-refractivity contribution in [2.45, 2.75) is 46.0 Å². The molecule has 0 saturated heterocycles. The third-order valence-electron chi connectivity index (χ3n) is 4.17. The van der Waals surface area contributed by atoms with Crippen LogP contribution in [0, 0.1) is 5.41 Å². The monoisotopic (exact) mass is 216 g/mol. The molecule has 0 amide bonds. The highest BCUT2D eigenvalue weighted by atomic mass is 14.4. The van der Waals surface area contributed by atoms with Gasteiger partial charge in [0.1, 0.15) is 0 Å². The Morgan fingerprint density at radius 2 is 1.56 bits per heavy atom. The van der Waals surface area contributed by atoms with Crippen LogP contribution < -0.4 is 0 Å². The lowest BCUT2D eigenvalue weighted by atomic mass is 9.67. The van der Waals surface area contributed by atoms with Gasteiger partial charge in [-0.1, -0.05) is 57.2 Å². The van der Waals surface area contributed by atoms with Crippen molar-refractivity contribution in [1.29, 1.82) is 0 Å². The molecule has 0 heteroatoms. The summed E-state index contributed by atoms with van der Waals surface area (Å²) in [5.41, 5.74) is 1.78. The normalized spacial score (nSPS) is 13.4. The predicted octanol–water partition coefficient (Wildman–Crippen LogP) is 5.17. The number of rotatable bonds is 6. The third kappa shape index (κ3) is 2.37. The molecule has 0 aliphatic carbocycles. The molecule has 0 nitrogen and oxygen atoms in total. The van der Waals surface area contributed by atoms with Crippen molar-refractivity contribution < 1.29 is 0 Å². The highest BCUT2D eigenvalue weighted by molar-refractivity contribution is 5.26. The number of hydrogen-bond donors (Lipinski definition) is 0. The summed E-state index contributed by atoms with van der Waals surface area (Å²) in [6, 6.07) is 10.8. The van der Waals surface area contributed by atoms with E-state index in [9.17, 15) is 0 Å². The van der Waals surface area contributed by atoms with Gasteiger partial charge in [0.15, 0.2) is 0 Å².